The minimum atomic E-state index is -0.160. The minimum absolute atomic E-state index is 0.160. The number of nitrogens with one attached hydrogen (secondary N) is 1. The molecule has 0 atom stereocenters. The molecule has 1 amide bonds. The molecule has 2 aromatic rings. The Kier molecular flexibility index (Phi) is 6.04. The van der Waals surface area contributed by atoms with Crippen LogP contribution in [0.25, 0.3) is 6.08 Å². The van der Waals surface area contributed by atoms with E-state index in [1.807, 2.05) is 43.3 Å². The highest BCUT2D eigenvalue weighted by molar-refractivity contribution is 6.30. The highest BCUT2D eigenvalue weighted by Gasteiger charge is 1.97. The zero-order valence-electron chi connectivity index (χ0n) is 12.4. The minimum Gasteiger partial charge on any atom is -0.492 e. The first-order valence-corrected chi connectivity index (χ1v) is 7.42. The molecule has 0 bridgehead atoms. The third-order valence-electron chi connectivity index (χ3n) is 2.97. The Bertz CT molecular complexity index is 650. The SMILES string of the molecule is Cc1ccc(OCCNC(=O)/C=C/c2cccc(Cl)c2)cc1. The van der Waals surface area contributed by atoms with Crippen LogP contribution in [0.4, 0.5) is 0 Å². The normalized spacial score (nSPS) is 10.6. The van der Waals surface area contributed by atoms with Crippen molar-refractivity contribution in [3.63, 3.8) is 0 Å². The van der Waals surface area contributed by atoms with Gasteiger partial charge in [0.25, 0.3) is 0 Å². The maximum absolute atomic E-state index is 11.7. The lowest BCUT2D eigenvalue weighted by atomic mass is 10.2. The van der Waals surface area contributed by atoms with Crippen LogP contribution in [0.2, 0.25) is 5.02 Å². The average molecular weight is 316 g/mol. The summed E-state index contributed by atoms with van der Waals surface area (Å²) >= 11 is 5.88. The fraction of sp³-hybridized carbons (Fsp3) is 0.167. The first kappa shape index (κ1) is 16.1. The molecular formula is C18H18ClNO2. The zero-order chi connectivity index (χ0) is 15.8. The fourth-order valence-corrected chi connectivity index (χ4v) is 2.02. The van der Waals surface area contributed by atoms with Gasteiger partial charge in [-0.15, -0.1) is 0 Å². The van der Waals surface area contributed by atoms with Gasteiger partial charge in [-0.05, 0) is 42.8 Å². The fourth-order valence-electron chi connectivity index (χ4n) is 1.82. The van der Waals surface area contributed by atoms with Gasteiger partial charge in [0.05, 0.1) is 6.54 Å². The maximum atomic E-state index is 11.7. The summed E-state index contributed by atoms with van der Waals surface area (Å²) in [6.07, 6.45) is 3.21. The second kappa shape index (κ2) is 8.25. The van der Waals surface area contributed by atoms with E-state index in [0.29, 0.717) is 18.2 Å². The lowest BCUT2D eigenvalue weighted by molar-refractivity contribution is -0.116. The second-order valence-corrected chi connectivity index (χ2v) is 5.28. The van der Waals surface area contributed by atoms with E-state index in [2.05, 4.69) is 5.32 Å². The quantitative estimate of drug-likeness (QED) is 0.649. The van der Waals surface area contributed by atoms with E-state index in [9.17, 15) is 4.79 Å². The number of rotatable bonds is 6. The lowest BCUT2D eigenvalue weighted by Gasteiger charge is -2.06. The summed E-state index contributed by atoms with van der Waals surface area (Å²) in [5, 5.41) is 3.41. The van der Waals surface area contributed by atoms with E-state index in [4.69, 9.17) is 16.3 Å². The molecule has 3 nitrogen and oxygen atoms in total. The molecule has 114 valence electrons. The highest BCUT2D eigenvalue weighted by Crippen LogP contribution is 2.12. The van der Waals surface area contributed by atoms with Crippen LogP contribution in [0, 0.1) is 6.92 Å². The van der Waals surface area contributed by atoms with Gasteiger partial charge in [-0.25, -0.2) is 0 Å². The smallest absolute Gasteiger partial charge is 0.244 e. The molecule has 0 saturated carbocycles. The van der Waals surface area contributed by atoms with Gasteiger partial charge in [0.2, 0.25) is 5.91 Å². The standard InChI is InChI=1S/C18H18ClNO2/c1-14-5-8-17(9-6-14)22-12-11-20-18(21)10-7-15-3-2-4-16(19)13-15/h2-10,13H,11-12H2,1H3,(H,20,21)/b10-7+. The molecule has 2 rings (SSSR count). The Morgan fingerprint density at radius 1 is 1.23 bits per heavy atom. The Labute approximate surface area is 135 Å². The maximum Gasteiger partial charge on any atom is 0.244 e. The average Bonchev–Trinajstić information content (AvgIpc) is 2.51. The van der Waals surface area contributed by atoms with Crippen molar-refractivity contribution in [1.82, 2.24) is 5.32 Å². The Hall–Kier alpha value is -2.26. The van der Waals surface area contributed by atoms with Gasteiger partial charge in [-0.1, -0.05) is 41.4 Å². The predicted octanol–water partition coefficient (Wildman–Crippen LogP) is 3.86. The summed E-state index contributed by atoms with van der Waals surface area (Å²) in [4.78, 5) is 11.7. The number of halogens is 1. The molecular weight excluding hydrogens is 298 g/mol. The lowest BCUT2D eigenvalue weighted by Crippen LogP contribution is -2.26. The molecule has 0 radical (unpaired) electrons. The molecule has 0 saturated heterocycles. The Balaban J connectivity index is 1.70. The van der Waals surface area contributed by atoms with Gasteiger partial charge in [-0.3, -0.25) is 4.79 Å². The van der Waals surface area contributed by atoms with Crippen LogP contribution in [-0.2, 0) is 4.79 Å². The summed E-state index contributed by atoms with van der Waals surface area (Å²) in [7, 11) is 0. The van der Waals surface area contributed by atoms with E-state index in [-0.39, 0.29) is 5.91 Å². The number of hydrogen-bond donors (Lipinski definition) is 1. The van der Waals surface area contributed by atoms with Crippen LogP contribution >= 0.6 is 11.6 Å². The van der Waals surface area contributed by atoms with Crippen molar-refractivity contribution in [2.24, 2.45) is 0 Å². The summed E-state index contributed by atoms with van der Waals surface area (Å²) in [5.74, 6) is 0.641. The molecule has 2 aromatic carbocycles. The third kappa shape index (κ3) is 5.62. The van der Waals surface area contributed by atoms with Gasteiger partial charge < -0.3 is 10.1 Å². The molecule has 0 spiro atoms. The topological polar surface area (TPSA) is 38.3 Å². The van der Waals surface area contributed by atoms with Crippen LogP contribution < -0.4 is 10.1 Å². The number of amides is 1. The largest absolute Gasteiger partial charge is 0.492 e. The van der Waals surface area contributed by atoms with Crippen LogP contribution in [0.5, 0.6) is 5.75 Å². The van der Waals surface area contributed by atoms with E-state index >= 15 is 0 Å². The highest BCUT2D eigenvalue weighted by atomic mass is 35.5. The zero-order valence-corrected chi connectivity index (χ0v) is 13.1. The molecule has 0 heterocycles. The second-order valence-electron chi connectivity index (χ2n) is 4.84. The van der Waals surface area contributed by atoms with E-state index < -0.39 is 0 Å². The van der Waals surface area contributed by atoms with Gasteiger partial charge in [-0.2, -0.15) is 0 Å². The summed E-state index contributed by atoms with van der Waals surface area (Å²) in [6, 6.07) is 15.1. The van der Waals surface area contributed by atoms with Crippen LogP contribution in [0.15, 0.2) is 54.6 Å². The number of aryl methyl sites for hydroxylation is 1. The number of carbonyl (C=O) groups excluding carboxylic acids is 1. The molecule has 1 N–H and O–H groups in total. The Morgan fingerprint density at radius 3 is 2.73 bits per heavy atom. The van der Waals surface area contributed by atoms with Crippen molar-refractivity contribution >= 4 is 23.6 Å². The molecule has 0 fully saturated rings. The third-order valence-corrected chi connectivity index (χ3v) is 3.20. The van der Waals surface area contributed by atoms with Crippen molar-refractivity contribution in [1.29, 1.82) is 0 Å². The van der Waals surface area contributed by atoms with Crippen LogP contribution in [-0.4, -0.2) is 19.1 Å². The number of benzene rings is 2. The summed E-state index contributed by atoms with van der Waals surface area (Å²) < 4.78 is 5.53. The van der Waals surface area contributed by atoms with E-state index in [1.165, 1.54) is 11.6 Å². The van der Waals surface area contributed by atoms with Crippen molar-refractivity contribution in [2.45, 2.75) is 6.92 Å². The van der Waals surface area contributed by atoms with Crippen LogP contribution in [0.1, 0.15) is 11.1 Å². The van der Waals surface area contributed by atoms with Gasteiger partial charge in [0, 0.05) is 11.1 Å². The monoisotopic (exact) mass is 315 g/mol. The van der Waals surface area contributed by atoms with E-state index in [0.717, 1.165) is 11.3 Å². The van der Waals surface area contributed by atoms with Gasteiger partial charge >= 0.3 is 0 Å². The van der Waals surface area contributed by atoms with E-state index in [1.54, 1.807) is 18.2 Å². The number of hydrogen-bond acceptors (Lipinski definition) is 2. The first-order valence-electron chi connectivity index (χ1n) is 7.04. The van der Waals surface area contributed by atoms with Crippen molar-refractivity contribution in [3.8, 4) is 5.75 Å². The first-order chi connectivity index (χ1) is 10.6. The number of ether oxygens (including phenoxy) is 1. The van der Waals surface area contributed by atoms with Crippen molar-refractivity contribution in [3.05, 3.63) is 70.8 Å². The molecule has 0 aromatic heterocycles. The number of carbonyl (C=O) groups is 1. The molecule has 0 aliphatic heterocycles. The van der Waals surface area contributed by atoms with Crippen molar-refractivity contribution in [2.75, 3.05) is 13.2 Å². The van der Waals surface area contributed by atoms with Gasteiger partial charge in [0.15, 0.2) is 0 Å². The summed E-state index contributed by atoms with van der Waals surface area (Å²) in [6.45, 7) is 2.91. The van der Waals surface area contributed by atoms with Crippen LogP contribution in [0.3, 0.4) is 0 Å². The summed E-state index contributed by atoms with van der Waals surface area (Å²) in [5.41, 5.74) is 2.07. The predicted molar refractivity (Wildman–Crippen MR) is 90.2 cm³/mol. The molecule has 22 heavy (non-hydrogen) atoms. The molecule has 4 heteroatoms. The van der Waals surface area contributed by atoms with Crippen molar-refractivity contribution < 1.29 is 9.53 Å². The Morgan fingerprint density at radius 2 is 2.00 bits per heavy atom. The van der Waals surface area contributed by atoms with Gasteiger partial charge in [0.1, 0.15) is 12.4 Å². The molecule has 0 aliphatic carbocycles. The molecule has 0 unspecified atom stereocenters. The molecule has 0 aliphatic rings.